The molecule has 0 bridgehead atoms. The van der Waals surface area contributed by atoms with E-state index in [9.17, 15) is 4.79 Å². The third kappa shape index (κ3) is 3.47. The van der Waals surface area contributed by atoms with Crippen LogP contribution in [0.5, 0.6) is 5.75 Å². The van der Waals surface area contributed by atoms with Gasteiger partial charge < -0.3 is 14.5 Å². The summed E-state index contributed by atoms with van der Waals surface area (Å²) >= 11 is 0. The number of para-hydroxylation sites is 1. The molecule has 0 N–H and O–H groups in total. The van der Waals surface area contributed by atoms with Gasteiger partial charge in [-0.3, -0.25) is 4.79 Å². The number of ether oxygens (including phenoxy) is 1. The monoisotopic (exact) mass is 310 g/mol. The van der Waals surface area contributed by atoms with E-state index < -0.39 is 0 Å². The SMILES string of the molecule is COc1cccc(CC(=O)N2CCN(C)c3ccccc3C2)c1. The minimum atomic E-state index is 0.156. The largest absolute Gasteiger partial charge is 0.497 e. The zero-order chi connectivity index (χ0) is 16.2. The van der Waals surface area contributed by atoms with E-state index in [2.05, 4.69) is 24.1 Å². The van der Waals surface area contributed by atoms with Crippen LogP contribution >= 0.6 is 0 Å². The zero-order valence-corrected chi connectivity index (χ0v) is 13.7. The fourth-order valence-electron chi connectivity index (χ4n) is 2.97. The molecule has 1 aliphatic heterocycles. The highest BCUT2D eigenvalue weighted by Gasteiger charge is 2.21. The lowest BCUT2D eigenvalue weighted by molar-refractivity contribution is -0.130. The Hall–Kier alpha value is -2.49. The first-order valence-electron chi connectivity index (χ1n) is 7.87. The summed E-state index contributed by atoms with van der Waals surface area (Å²) < 4.78 is 5.23. The molecule has 4 nitrogen and oxygen atoms in total. The number of carbonyl (C=O) groups excluding carboxylic acids is 1. The van der Waals surface area contributed by atoms with Crippen LogP contribution in [0.25, 0.3) is 0 Å². The Labute approximate surface area is 137 Å². The molecule has 0 saturated carbocycles. The van der Waals surface area contributed by atoms with E-state index in [1.54, 1.807) is 7.11 Å². The van der Waals surface area contributed by atoms with Gasteiger partial charge in [0.15, 0.2) is 0 Å². The van der Waals surface area contributed by atoms with Crippen LogP contribution in [-0.2, 0) is 17.8 Å². The van der Waals surface area contributed by atoms with Crippen molar-refractivity contribution in [1.29, 1.82) is 0 Å². The van der Waals surface area contributed by atoms with Crippen molar-refractivity contribution in [3.63, 3.8) is 0 Å². The molecule has 3 rings (SSSR count). The lowest BCUT2D eigenvalue weighted by Gasteiger charge is -2.21. The topological polar surface area (TPSA) is 32.8 Å². The lowest BCUT2D eigenvalue weighted by Crippen LogP contribution is -2.35. The van der Waals surface area contributed by atoms with Crippen molar-refractivity contribution in [3.8, 4) is 5.75 Å². The molecule has 1 aliphatic rings. The van der Waals surface area contributed by atoms with Gasteiger partial charge in [-0.2, -0.15) is 0 Å². The highest BCUT2D eigenvalue weighted by Crippen LogP contribution is 2.24. The Bertz CT molecular complexity index is 699. The van der Waals surface area contributed by atoms with E-state index in [0.717, 1.165) is 24.4 Å². The molecule has 2 aromatic rings. The second kappa shape index (κ2) is 6.73. The molecule has 0 unspecified atom stereocenters. The summed E-state index contributed by atoms with van der Waals surface area (Å²) in [7, 11) is 3.72. The Morgan fingerprint density at radius 1 is 1.13 bits per heavy atom. The van der Waals surface area contributed by atoms with Crippen LogP contribution < -0.4 is 9.64 Å². The van der Waals surface area contributed by atoms with Crippen LogP contribution in [-0.4, -0.2) is 38.1 Å². The maximum absolute atomic E-state index is 12.7. The van der Waals surface area contributed by atoms with Crippen LogP contribution in [0.3, 0.4) is 0 Å². The van der Waals surface area contributed by atoms with Crippen molar-refractivity contribution in [2.24, 2.45) is 0 Å². The average Bonchev–Trinajstić information content (AvgIpc) is 2.75. The fourth-order valence-corrected chi connectivity index (χ4v) is 2.97. The second-order valence-corrected chi connectivity index (χ2v) is 5.89. The molecule has 0 radical (unpaired) electrons. The number of rotatable bonds is 3. The van der Waals surface area contributed by atoms with Crippen molar-refractivity contribution < 1.29 is 9.53 Å². The van der Waals surface area contributed by atoms with Gasteiger partial charge in [0, 0.05) is 32.4 Å². The van der Waals surface area contributed by atoms with Crippen LogP contribution in [0, 0.1) is 0 Å². The summed E-state index contributed by atoms with van der Waals surface area (Å²) in [5.41, 5.74) is 3.40. The molecular weight excluding hydrogens is 288 g/mol. The number of fused-ring (bicyclic) bond motifs is 1. The van der Waals surface area contributed by atoms with Crippen LogP contribution in [0.1, 0.15) is 11.1 Å². The van der Waals surface area contributed by atoms with Crippen molar-refractivity contribution >= 4 is 11.6 Å². The predicted molar refractivity (Wildman–Crippen MR) is 91.8 cm³/mol. The van der Waals surface area contributed by atoms with E-state index in [1.165, 1.54) is 11.3 Å². The van der Waals surface area contributed by atoms with Gasteiger partial charge in [-0.15, -0.1) is 0 Å². The van der Waals surface area contributed by atoms with Gasteiger partial charge in [-0.05, 0) is 29.3 Å². The first-order valence-corrected chi connectivity index (χ1v) is 7.87. The molecule has 0 spiro atoms. The number of hydrogen-bond donors (Lipinski definition) is 0. The van der Waals surface area contributed by atoms with Crippen LogP contribution in [0.2, 0.25) is 0 Å². The van der Waals surface area contributed by atoms with E-state index in [-0.39, 0.29) is 5.91 Å². The number of benzene rings is 2. The maximum atomic E-state index is 12.7. The fraction of sp³-hybridized carbons (Fsp3) is 0.316. The highest BCUT2D eigenvalue weighted by atomic mass is 16.5. The summed E-state index contributed by atoms with van der Waals surface area (Å²) in [5, 5.41) is 0. The maximum Gasteiger partial charge on any atom is 0.227 e. The molecule has 1 amide bonds. The molecule has 1 heterocycles. The highest BCUT2D eigenvalue weighted by molar-refractivity contribution is 5.79. The van der Waals surface area contributed by atoms with Crippen molar-refractivity contribution in [2.45, 2.75) is 13.0 Å². The van der Waals surface area contributed by atoms with E-state index in [4.69, 9.17) is 4.74 Å². The van der Waals surface area contributed by atoms with Gasteiger partial charge >= 0.3 is 0 Å². The third-order valence-electron chi connectivity index (χ3n) is 4.31. The van der Waals surface area contributed by atoms with Crippen molar-refractivity contribution in [2.75, 3.05) is 32.1 Å². The normalized spacial score (nSPS) is 14.2. The number of amides is 1. The number of nitrogens with zero attached hydrogens (tertiary/aromatic N) is 2. The Balaban J connectivity index is 1.75. The number of methoxy groups -OCH3 is 1. The minimum Gasteiger partial charge on any atom is -0.497 e. The molecule has 0 saturated heterocycles. The van der Waals surface area contributed by atoms with Gasteiger partial charge in [-0.1, -0.05) is 30.3 Å². The molecule has 0 fully saturated rings. The molecule has 0 aliphatic carbocycles. The first-order chi connectivity index (χ1) is 11.2. The zero-order valence-electron chi connectivity index (χ0n) is 13.7. The van der Waals surface area contributed by atoms with E-state index in [0.29, 0.717) is 13.0 Å². The average molecular weight is 310 g/mol. The third-order valence-corrected chi connectivity index (χ3v) is 4.31. The van der Waals surface area contributed by atoms with Crippen LogP contribution in [0.15, 0.2) is 48.5 Å². The molecule has 23 heavy (non-hydrogen) atoms. The number of likely N-dealkylation sites (N-methyl/N-ethyl adjacent to an activating group) is 1. The quantitative estimate of drug-likeness (QED) is 0.874. The van der Waals surface area contributed by atoms with Gasteiger partial charge in [0.1, 0.15) is 5.75 Å². The summed E-state index contributed by atoms with van der Waals surface area (Å²) in [6, 6.07) is 16.0. The Morgan fingerprint density at radius 2 is 1.96 bits per heavy atom. The smallest absolute Gasteiger partial charge is 0.227 e. The molecule has 0 aromatic heterocycles. The predicted octanol–water partition coefficient (Wildman–Crippen LogP) is 2.72. The Morgan fingerprint density at radius 3 is 2.78 bits per heavy atom. The molecular formula is C19H22N2O2. The summed E-state index contributed by atoms with van der Waals surface area (Å²) in [6.45, 7) is 2.26. The number of hydrogen-bond acceptors (Lipinski definition) is 3. The van der Waals surface area contributed by atoms with E-state index in [1.807, 2.05) is 41.3 Å². The van der Waals surface area contributed by atoms with Gasteiger partial charge in [0.25, 0.3) is 0 Å². The summed E-state index contributed by atoms with van der Waals surface area (Å²) in [5.74, 6) is 0.944. The summed E-state index contributed by atoms with van der Waals surface area (Å²) in [6.07, 6.45) is 0.406. The van der Waals surface area contributed by atoms with E-state index >= 15 is 0 Å². The first kappa shape index (κ1) is 15.4. The molecule has 0 atom stereocenters. The molecule has 4 heteroatoms. The minimum absolute atomic E-state index is 0.156. The molecule has 2 aromatic carbocycles. The van der Waals surface area contributed by atoms with Crippen molar-refractivity contribution in [1.82, 2.24) is 4.90 Å². The van der Waals surface area contributed by atoms with Gasteiger partial charge in [-0.25, -0.2) is 0 Å². The summed E-state index contributed by atoms with van der Waals surface area (Å²) in [4.78, 5) is 16.9. The number of anilines is 1. The van der Waals surface area contributed by atoms with Crippen LogP contribution in [0.4, 0.5) is 5.69 Å². The Kier molecular flexibility index (Phi) is 4.51. The lowest BCUT2D eigenvalue weighted by atomic mass is 10.1. The van der Waals surface area contributed by atoms with Crippen molar-refractivity contribution in [3.05, 3.63) is 59.7 Å². The van der Waals surface area contributed by atoms with Gasteiger partial charge in [0.05, 0.1) is 13.5 Å². The van der Waals surface area contributed by atoms with Gasteiger partial charge in [0.2, 0.25) is 5.91 Å². The number of carbonyl (C=O) groups is 1. The second-order valence-electron chi connectivity index (χ2n) is 5.89. The molecule has 120 valence electrons. The standard InChI is InChI=1S/C19H22N2O2/c1-20-10-11-21(14-16-7-3-4-9-18(16)20)19(22)13-15-6-5-8-17(12-15)23-2/h3-9,12H,10-11,13-14H2,1-2H3.